The number of aromatic amines is 2. The molecule has 0 radical (unpaired) electrons. The van der Waals surface area contributed by atoms with Crippen LogP contribution < -0.4 is 11.0 Å². The summed E-state index contributed by atoms with van der Waals surface area (Å²) in [4.78, 5) is 19.3. The maximum absolute atomic E-state index is 11.3. The average Bonchev–Trinajstić information content (AvgIpc) is 2.99. The molecule has 2 unspecified atom stereocenters. The lowest BCUT2D eigenvalue weighted by atomic mass is 10.1. The van der Waals surface area contributed by atoms with Crippen molar-refractivity contribution in [1.82, 2.24) is 20.2 Å². The van der Waals surface area contributed by atoms with Crippen LogP contribution in [0.3, 0.4) is 0 Å². The first-order valence-corrected chi connectivity index (χ1v) is 7.29. The van der Waals surface area contributed by atoms with Gasteiger partial charge in [-0.3, -0.25) is 0 Å². The fourth-order valence-corrected chi connectivity index (χ4v) is 2.99. The Kier molecular flexibility index (Phi) is 3.63. The first-order valence-electron chi connectivity index (χ1n) is 7.29. The topological polar surface area (TPSA) is 63.9 Å². The molecule has 2 heterocycles. The van der Waals surface area contributed by atoms with Crippen molar-refractivity contribution in [2.75, 3.05) is 20.1 Å². The van der Waals surface area contributed by atoms with Gasteiger partial charge < -0.3 is 20.2 Å². The minimum atomic E-state index is -0.148. The number of likely N-dealkylation sites (N-methyl/N-ethyl adjacent to an activating group) is 1. The molecule has 1 aromatic carbocycles. The van der Waals surface area contributed by atoms with Crippen molar-refractivity contribution < 1.29 is 0 Å². The molecular weight excluding hydrogens is 252 g/mol. The number of H-pyrrole nitrogens is 2. The van der Waals surface area contributed by atoms with Gasteiger partial charge in [0.15, 0.2) is 0 Å². The second-order valence-corrected chi connectivity index (χ2v) is 5.79. The van der Waals surface area contributed by atoms with Gasteiger partial charge in [0, 0.05) is 18.6 Å². The zero-order valence-corrected chi connectivity index (χ0v) is 12.1. The van der Waals surface area contributed by atoms with E-state index in [0.717, 1.165) is 17.6 Å². The molecule has 2 aromatic rings. The number of imidazole rings is 1. The van der Waals surface area contributed by atoms with Gasteiger partial charge in [0.05, 0.1) is 11.0 Å². The molecule has 0 saturated carbocycles. The summed E-state index contributed by atoms with van der Waals surface area (Å²) in [5, 5.41) is 3.60. The molecule has 0 aliphatic carbocycles. The molecule has 1 saturated heterocycles. The predicted molar refractivity (Wildman–Crippen MR) is 81.0 cm³/mol. The normalized spacial score (nSPS) is 21.6. The number of fused-ring (bicyclic) bond motifs is 1. The number of hydrogen-bond donors (Lipinski definition) is 3. The van der Waals surface area contributed by atoms with Gasteiger partial charge in [-0.2, -0.15) is 0 Å². The van der Waals surface area contributed by atoms with Gasteiger partial charge in [0.2, 0.25) is 0 Å². The van der Waals surface area contributed by atoms with E-state index < -0.39 is 0 Å². The van der Waals surface area contributed by atoms with Gasteiger partial charge in [0.25, 0.3) is 0 Å². The van der Waals surface area contributed by atoms with E-state index in [1.54, 1.807) is 0 Å². The highest BCUT2D eigenvalue weighted by molar-refractivity contribution is 5.75. The van der Waals surface area contributed by atoms with E-state index >= 15 is 0 Å². The van der Waals surface area contributed by atoms with Crippen LogP contribution >= 0.6 is 0 Å². The fourth-order valence-electron chi connectivity index (χ4n) is 2.99. The van der Waals surface area contributed by atoms with E-state index in [-0.39, 0.29) is 11.7 Å². The van der Waals surface area contributed by atoms with Crippen molar-refractivity contribution in [1.29, 1.82) is 0 Å². The van der Waals surface area contributed by atoms with Crippen LogP contribution in [0.5, 0.6) is 0 Å². The molecule has 1 aliphatic rings. The van der Waals surface area contributed by atoms with Crippen molar-refractivity contribution in [3.8, 4) is 0 Å². The average molecular weight is 274 g/mol. The third-order valence-electron chi connectivity index (χ3n) is 4.37. The van der Waals surface area contributed by atoms with E-state index in [0.29, 0.717) is 6.04 Å². The molecule has 0 amide bonds. The molecule has 0 spiro atoms. The summed E-state index contributed by atoms with van der Waals surface area (Å²) in [7, 11) is 2.20. The standard InChI is InChI=1S/C15H22N4O/c1-10(16-9-12-4-3-7-19(12)2)11-5-6-13-14(8-11)18-15(20)17-13/h5-6,8,10,12,16H,3-4,7,9H2,1-2H3,(H2,17,18,20). The van der Waals surface area contributed by atoms with Crippen LogP contribution in [0.25, 0.3) is 11.0 Å². The summed E-state index contributed by atoms with van der Waals surface area (Å²) in [6.07, 6.45) is 2.58. The number of rotatable bonds is 4. The van der Waals surface area contributed by atoms with Gasteiger partial charge in [-0.05, 0) is 51.1 Å². The molecule has 3 rings (SSSR count). The smallest absolute Gasteiger partial charge is 0.309 e. The molecule has 1 aromatic heterocycles. The van der Waals surface area contributed by atoms with Crippen molar-refractivity contribution in [3.05, 3.63) is 34.2 Å². The van der Waals surface area contributed by atoms with E-state index in [4.69, 9.17) is 0 Å². The number of hydrogen-bond acceptors (Lipinski definition) is 3. The number of likely N-dealkylation sites (tertiary alicyclic amines) is 1. The van der Waals surface area contributed by atoms with E-state index in [2.05, 4.69) is 40.2 Å². The Labute approximate surface area is 118 Å². The Morgan fingerprint density at radius 1 is 1.40 bits per heavy atom. The molecular formula is C15H22N4O. The Bertz CT molecular complexity index is 645. The Morgan fingerprint density at radius 3 is 2.95 bits per heavy atom. The summed E-state index contributed by atoms with van der Waals surface area (Å²) >= 11 is 0. The van der Waals surface area contributed by atoms with Crippen molar-refractivity contribution in [2.24, 2.45) is 0 Å². The number of benzene rings is 1. The lowest BCUT2D eigenvalue weighted by Gasteiger charge is -2.22. The highest BCUT2D eigenvalue weighted by Crippen LogP contribution is 2.19. The Balaban J connectivity index is 1.68. The molecule has 20 heavy (non-hydrogen) atoms. The Morgan fingerprint density at radius 2 is 2.20 bits per heavy atom. The second-order valence-electron chi connectivity index (χ2n) is 5.79. The van der Waals surface area contributed by atoms with Gasteiger partial charge in [0.1, 0.15) is 0 Å². The third kappa shape index (κ3) is 2.64. The quantitative estimate of drug-likeness (QED) is 0.793. The van der Waals surface area contributed by atoms with Gasteiger partial charge in [-0.1, -0.05) is 6.07 Å². The monoisotopic (exact) mass is 274 g/mol. The van der Waals surface area contributed by atoms with Gasteiger partial charge in [-0.25, -0.2) is 4.79 Å². The summed E-state index contributed by atoms with van der Waals surface area (Å²) < 4.78 is 0. The van der Waals surface area contributed by atoms with Crippen LogP contribution in [0.4, 0.5) is 0 Å². The summed E-state index contributed by atoms with van der Waals surface area (Å²) in [5.41, 5.74) is 2.79. The minimum Gasteiger partial charge on any atom is -0.309 e. The fraction of sp³-hybridized carbons (Fsp3) is 0.533. The van der Waals surface area contributed by atoms with E-state index in [9.17, 15) is 4.79 Å². The molecule has 5 nitrogen and oxygen atoms in total. The van der Waals surface area contributed by atoms with E-state index in [1.807, 2.05) is 12.1 Å². The molecule has 1 fully saturated rings. The second kappa shape index (κ2) is 5.42. The van der Waals surface area contributed by atoms with Crippen LogP contribution in [0, 0.1) is 0 Å². The van der Waals surface area contributed by atoms with Crippen molar-refractivity contribution >= 4 is 11.0 Å². The van der Waals surface area contributed by atoms with Crippen LogP contribution in [0.2, 0.25) is 0 Å². The largest absolute Gasteiger partial charge is 0.323 e. The zero-order valence-electron chi connectivity index (χ0n) is 12.1. The molecule has 1 aliphatic heterocycles. The number of nitrogens with zero attached hydrogens (tertiary/aromatic N) is 1. The molecule has 5 heteroatoms. The summed E-state index contributed by atoms with van der Waals surface area (Å²) in [6, 6.07) is 7.01. The Hall–Kier alpha value is -1.59. The number of aromatic nitrogens is 2. The van der Waals surface area contributed by atoms with Gasteiger partial charge in [-0.15, -0.1) is 0 Å². The minimum absolute atomic E-state index is 0.148. The highest BCUT2D eigenvalue weighted by Gasteiger charge is 2.21. The molecule has 108 valence electrons. The third-order valence-corrected chi connectivity index (χ3v) is 4.37. The molecule has 0 bridgehead atoms. The maximum Gasteiger partial charge on any atom is 0.323 e. The first kappa shape index (κ1) is 13.4. The predicted octanol–water partition coefficient (Wildman–Crippen LogP) is 1.60. The van der Waals surface area contributed by atoms with Crippen molar-refractivity contribution in [3.63, 3.8) is 0 Å². The lowest BCUT2D eigenvalue weighted by molar-refractivity contribution is 0.293. The number of nitrogens with one attached hydrogen (secondary N) is 3. The van der Waals surface area contributed by atoms with Crippen LogP contribution in [0.15, 0.2) is 23.0 Å². The maximum atomic E-state index is 11.3. The highest BCUT2D eigenvalue weighted by atomic mass is 16.1. The van der Waals surface area contributed by atoms with Crippen molar-refractivity contribution in [2.45, 2.75) is 31.8 Å². The molecule has 2 atom stereocenters. The zero-order chi connectivity index (χ0) is 14.1. The van der Waals surface area contributed by atoms with Crippen LogP contribution in [0.1, 0.15) is 31.4 Å². The first-order chi connectivity index (χ1) is 9.63. The van der Waals surface area contributed by atoms with Gasteiger partial charge >= 0.3 is 5.69 Å². The van der Waals surface area contributed by atoms with Crippen LogP contribution in [-0.4, -0.2) is 41.0 Å². The van der Waals surface area contributed by atoms with E-state index in [1.165, 1.54) is 24.9 Å². The SMILES string of the molecule is CC(NCC1CCCN1C)c1ccc2[nH]c(=O)[nH]c2c1. The lowest BCUT2D eigenvalue weighted by Crippen LogP contribution is -2.36. The molecule has 3 N–H and O–H groups in total. The summed E-state index contributed by atoms with van der Waals surface area (Å²) in [5.74, 6) is 0. The summed E-state index contributed by atoms with van der Waals surface area (Å²) in [6.45, 7) is 4.39. The van der Waals surface area contributed by atoms with Crippen LogP contribution in [-0.2, 0) is 0 Å².